The van der Waals surface area contributed by atoms with E-state index in [2.05, 4.69) is 43.8 Å². The Hall–Kier alpha value is -1.08. The van der Waals surface area contributed by atoms with E-state index in [1.165, 1.54) is 0 Å². The first-order valence-electron chi connectivity index (χ1n) is 5.95. The van der Waals surface area contributed by atoms with Gasteiger partial charge in [0.25, 0.3) is 0 Å². The zero-order chi connectivity index (χ0) is 14.8. The fourth-order valence-corrected chi connectivity index (χ4v) is 2.65. The molecule has 104 valence electrons. The van der Waals surface area contributed by atoms with Crippen molar-refractivity contribution in [3.63, 3.8) is 0 Å². The molecule has 0 saturated carbocycles. The highest BCUT2D eigenvalue weighted by Crippen LogP contribution is 2.28. The Morgan fingerprint density at radius 3 is 2.45 bits per heavy atom. The zero-order valence-corrected chi connectivity index (χ0v) is 14.5. The summed E-state index contributed by atoms with van der Waals surface area (Å²) in [5.41, 5.74) is 0.290. The largest absolute Gasteiger partial charge is 0.479 e. The molecular formula is C15H13BrINO2. The summed E-state index contributed by atoms with van der Waals surface area (Å²) < 4.78 is 1.97. The molecule has 0 aliphatic rings. The number of carboxylic acids is 1. The number of nitrogens with one attached hydrogen (secondary N) is 1. The van der Waals surface area contributed by atoms with Gasteiger partial charge in [0, 0.05) is 13.7 Å². The van der Waals surface area contributed by atoms with Crippen molar-refractivity contribution >= 4 is 50.2 Å². The van der Waals surface area contributed by atoms with Crippen molar-refractivity contribution in [1.29, 1.82) is 0 Å². The van der Waals surface area contributed by atoms with Crippen LogP contribution in [0.15, 0.2) is 53.0 Å². The van der Waals surface area contributed by atoms with E-state index in [0.29, 0.717) is 5.56 Å². The third kappa shape index (κ3) is 3.32. The zero-order valence-electron chi connectivity index (χ0n) is 10.7. The molecular weight excluding hydrogens is 433 g/mol. The van der Waals surface area contributed by atoms with Gasteiger partial charge in [-0.15, -0.1) is 0 Å². The highest BCUT2D eigenvalue weighted by Gasteiger charge is 2.35. The molecule has 0 aliphatic carbocycles. The van der Waals surface area contributed by atoms with Gasteiger partial charge in [-0.2, -0.15) is 0 Å². The molecule has 3 nitrogen and oxygen atoms in total. The lowest BCUT2D eigenvalue weighted by Crippen LogP contribution is -2.40. The van der Waals surface area contributed by atoms with Gasteiger partial charge in [-0.05, 0) is 65.4 Å². The topological polar surface area (TPSA) is 49.3 Å². The number of benzene rings is 2. The molecule has 0 heterocycles. The van der Waals surface area contributed by atoms with Gasteiger partial charge in [0.15, 0.2) is 5.54 Å². The summed E-state index contributed by atoms with van der Waals surface area (Å²) in [5, 5.41) is 12.7. The van der Waals surface area contributed by atoms with Crippen LogP contribution in [0.2, 0.25) is 0 Å². The van der Waals surface area contributed by atoms with Crippen LogP contribution in [0, 0.1) is 3.57 Å². The SMILES string of the molecule is CC(Nc1cccc(Br)c1)(C(=O)O)c1ccc(I)cc1. The highest BCUT2D eigenvalue weighted by molar-refractivity contribution is 14.1. The lowest BCUT2D eigenvalue weighted by molar-refractivity contribution is -0.142. The molecule has 2 N–H and O–H groups in total. The van der Waals surface area contributed by atoms with Crippen molar-refractivity contribution < 1.29 is 9.90 Å². The Labute approximate surface area is 139 Å². The average molecular weight is 446 g/mol. The summed E-state index contributed by atoms with van der Waals surface area (Å²) in [6, 6.07) is 14.9. The van der Waals surface area contributed by atoms with E-state index in [1.807, 2.05) is 48.5 Å². The van der Waals surface area contributed by atoms with Crippen LogP contribution in [0.4, 0.5) is 5.69 Å². The average Bonchev–Trinajstić information content (AvgIpc) is 2.39. The van der Waals surface area contributed by atoms with E-state index in [-0.39, 0.29) is 0 Å². The number of hydrogen-bond acceptors (Lipinski definition) is 2. The lowest BCUT2D eigenvalue weighted by Gasteiger charge is -2.28. The van der Waals surface area contributed by atoms with Crippen LogP contribution in [0.3, 0.4) is 0 Å². The van der Waals surface area contributed by atoms with Gasteiger partial charge in [-0.25, -0.2) is 4.79 Å². The van der Waals surface area contributed by atoms with E-state index in [4.69, 9.17) is 0 Å². The fraction of sp³-hybridized carbons (Fsp3) is 0.133. The number of hydrogen-bond donors (Lipinski definition) is 2. The molecule has 0 amide bonds. The molecule has 0 saturated heterocycles. The molecule has 0 fully saturated rings. The molecule has 0 spiro atoms. The van der Waals surface area contributed by atoms with Crippen LogP contribution in [0.5, 0.6) is 0 Å². The quantitative estimate of drug-likeness (QED) is 0.683. The normalized spacial score (nSPS) is 13.6. The van der Waals surface area contributed by atoms with E-state index in [9.17, 15) is 9.90 Å². The van der Waals surface area contributed by atoms with Gasteiger partial charge >= 0.3 is 5.97 Å². The second-order valence-corrected chi connectivity index (χ2v) is 6.73. The van der Waals surface area contributed by atoms with E-state index < -0.39 is 11.5 Å². The molecule has 0 bridgehead atoms. The van der Waals surface area contributed by atoms with Gasteiger partial charge in [0.1, 0.15) is 0 Å². The van der Waals surface area contributed by atoms with Crippen LogP contribution >= 0.6 is 38.5 Å². The summed E-state index contributed by atoms with van der Waals surface area (Å²) in [5.74, 6) is -0.918. The van der Waals surface area contributed by atoms with Crippen molar-refractivity contribution in [2.75, 3.05) is 5.32 Å². The second-order valence-electron chi connectivity index (χ2n) is 4.57. The fourth-order valence-electron chi connectivity index (χ4n) is 1.89. The van der Waals surface area contributed by atoms with Crippen LogP contribution in [-0.2, 0) is 10.3 Å². The molecule has 1 atom stereocenters. The summed E-state index contributed by atoms with van der Waals surface area (Å²) in [6.07, 6.45) is 0. The van der Waals surface area contributed by atoms with E-state index in [1.54, 1.807) is 6.92 Å². The summed E-state index contributed by atoms with van der Waals surface area (Å²) in [7, 11) is 0. The van der Waals surface area contributed by atoms with Crippen molar-refractivity contribution in [3.05, 3.63) is 62.1 Å². The predicted octanol–water partition coefficient (Wildman–Crippen LogP) is 4.47. The molecule has 20 heavy (non-hydrogen) atoms. The number of carbonyl (C=O) groups is 1. The first-order valence-corrected chi connectivity index (χ1v) is 7.82. The standard InChI is InChI=1S/C15H13BrINO2/c1-15(14(19)20,10-5-7-12(17)8-6-10)18-13-4-2-3-11(16)9-13/h2-9,18H,1H3,(H,19,20). The monoisotopic (exact) mass is 445 g/mol. The minimum Gasteiger partial charge on any atom is -0.479 e. The van der Waals surface area contributed by atoms with Gasteiger partial charge in [0.05, 0.1) is 0 Å². The number of halogens is 2. The van der Waals surface area contributed by atoms with Crippen molar-refractivity contribution in [3.8, 4) is 0 Å². The lowest BCUT2D eigenvalue weighted by atomic mass is 9.92. The van der Waals surface area contributed by atoms with Crippen LogP contribution < -0.4 is 5.32 Å². The van der Waals surface area contributed by atoms with E-state index >= 15 is 0 Å². The summed E-state index contributed by atoms with van der Waals surface area (Å²) >= 11 is 5.58. The van der Waals surface area contributed by atoms with E-state index in [0.717, 1.165) is 13.7 Å². The smallest absolute Gasteiger partial charge is 0.333 e. The first-order chi connectivity index (χ1) is 9.41. The van der Waals surface area contributed by atoms with Gasteiger partial charge in [-0.3, -0.25) is 0 Å². The Morgan fingerprint density at radius 2 is 1.90 bits per heavy atom. The molecule has 0 radical (unpaired) electrons. The molecule has 1 unspecified atom stereocenters. The second kappa shape index (κ2) is 6.13. The third-order valence-electron chi connectivity index (χ3n) is 3.07. The molecule has 2 rings (SSSR count). The maximum Gasteiger partial charge on any atom is 0.333 e. The van der Waals surface area contributed by atoms with Crippen molar-refractivity contribution in [1.82, 2.24) is 0 Å². The summed E-state index contributed by atoms with van der Waals surface area (Å²) in [6.45, 7) is 1.67. The van der Waals surface area contributed by atoms with Gasteiger partial charge in [0.2, 0.25) is 0 Å². The molecule has 0 aliphatic heterocycles. The van der Waals surface area contributed by atoms with Crippen molar-refractivity contribution in [2.45, 2.75) is 12.5 Å². The Morgan fingerprint density at radius 1 is 1.25 bits per heavy atom. The van der Waals surface area contributed by atoms with Gasteiger partial charge in [-0.1, -0.05) is 34.1 Å². The molecule has 0 aromatic heterocycles. The molecule has 2 aromatic carbocycles. The van der Waals surface area contributed by atoms with Crippen LogP contribution in [0.1, 0.15) is 12.5 Å². The maximum atomic E-state index is 11.7. The first kappa shape index (κ1) is 15.3. The van der Waals surface area contributed by atoms with Crippen molar-refractivity contribution in [2.24, 2.45) is 0 Å². The number of carboxylic acid groups (broad SMARTS) is 1. The van der Waals surface area contributed by atoms with Gasteiger partial charge < -0.3 is 10.4 Å². The number of anilines is 1. The number of aliphatic carboxylic acids is 1. The number of rotatable bonds is 4. The predicted molar refractivity (Wildman–Crippen MR) is 91.9 cm³/mol. The minimum atomic E-state index is -1.18. The molecule has 5 heteroatoms. The Bertz CT molecular complexity index is 630. The minimum absolute atomic E-state index is 0.713. The highest BCUT2D eigenvalue weighted by atomic mass is 127. The third-order valence-corrected chi connectivity index (χ3v) is 4.28. The maximum absolute atomic E-state index is 11.7. The van der Waals surface area contributed by atoms with Crippen LogP contribution in [-0.4, -0.2) is 11.1 Å². The van der Waals surface area contributed by atoms with Crippen LogP contribution in [0.25, 0.3) is 0 Å². The Kier molecular flexibility index (Phi) is 4.70. The summed E-state index contributed by atoms with van der Waals surface area (Å²) in [4.78, 5) is 11.7. The molecule has 2 aromatic rings. The Balaban J connectivity index is 2.39.